The maximum Gasteiger partial charge on any atom is 0.305 e. The van der Waals surface area contributed by atoms with Crippen molar-refractivity contribution in [1.82, 2.24) is 4.90 Å². The monoisotopic (exact) mass is 327 g/mol. The van der Waals surface area contributed by atoms with Crippen LogP contribution in [0.15, 0.2) is 41.1 Å². The van der Waals surface area contributed by atoms with E-state index in [1.165, 1.54) is 11.3 Å². The quantitative estimate of drug-likeness (QED) is 0.692. The number of amides is 2. The number of hydrogen-bond acceptors (Lipinski definition) is 4. The summed E-state index contributed by atoms with van der Waals surface area (Å²) in [5.41, 5.74) is 2.28. The van der Waals surface area contributed by atoms with Gasteiger partial charge in [-0.2, -0.15) is 11.3 Å². The lowest BCUT2D eigenvalue weighted by Crippen LogP contribution is -2.42. The molecule has 23 heavy (non-hydrogen) atoms. The Balaban J connectivity index is 2.07. The molecular weight excluding hydrogens is 314 g/mol. The lowest BCUT2D eigenvalue weighted by molar-refractivity contribution is -0.137. The van der Waals surface area contributed by atoms with E-state index in [1.807, 2.05) is 16.8 Å². The number of hydrogen-bond donors (Lipinski definition) is 1. The number of nitrogens with zero attached hydrogens (tertiary/aromatic N) is 1. The predicted molar refractivity (Wildman–Crippen MR) is 86.9 cm³/mol. The van der Waals surface area contributed by atoms with E-state index in [0.29, 0.717) is 16.7 Å². The van der Waals surface area contributed by atoms with Gasteiger partial charge in [0.1, 0.15) is 0 Å². The second kappa shape index (κ2) is 6.18. The average molecular weight is 327 g/mol. The number of imide groups is 1. The summed E-state index contributed by atoms with van der Waals surface area (Å²) >= 11 is 1.51. The van der Waals surface area contributed by atoms with Crippen LogP contribution in [-0.2, 0) is 9.59 Å². The Labute approximate surface area is 136 Å². The minimum atomic E-state index is -1.05. The van der Waals surface area contributed by atoms with Crippen LogP contribution in [0.4, 0.5) is 0 Å². The van der Waals surface area contributed by atoms with Gasteiger partial charge in [-0.25, -0.2) is 0 Å². The summed E-state index contributed by atoms with van der Waals surface area (Å²) in [7, 11) is 0. The van der Waals surface area contributed by atoms with Crippen molar-refractivity contribution in [1.29, 1.82) is 0 Å². The van der Waals surface area contributed by atoms with Gasteiger partial charge in [0.25, 0.3) is 11.8 Å². The molecule has 2 heterocycles. The maximum atomic E-state index is 12.7. The molecule has 3 rings (SSSR count). The van der Waals surface area contributed by atoms with Gasteiger partial charge >= 0.3 is 5.97 Å². The minimum absolute atomic E-state index is 0.137. The maximum absolute atomic E-state index is 12.7. The number of carboxylic acids is 1. The number of carbonyl (C=O) groups excluding carboxylic acids is 2. The van der Waals surface area contributed by atoms with Gasteiger partial charge in [-0.15, -0.1) is 0 Å². The van der Waals surface area contributed by atoms with E-state index >= 15 is 0 Å². The third kappa shape index (κ3) is 2.93. The summed E-state index contributed by atoms with van der Waals surface area (Å²) in [6, 6.07) is 8.76. The average Bonchev–Trinajstić information content (AvgIpc) is 3.04. The van der Waals surface area contributed by atoms with E-state index in [9.17, 15) is 14.4 Å². The highest BCUT2D eigenvalue weighted by molar-refractivity contribution is 7.08. The Hall–Kier alpha value is -2.73. The van der Waals surface area contributed by atoms with Crippen LogP contribution in [0.25, 0.3) is 11.6 Å². The largest absolute Gasteiger partial charge is 0.481 e. The molecule has 116 valence electrons. The number of benzene rings is 1. The first-order chi connectivity index (χ1) is 11.1. The molecule has 1 aliphatic heterocycles. The van der Waals surface area contributed by atoms with E-state index in [2.05, 4.69) is 0 Å². The predicted octanol–water partition coefficient (Wildman–Crippen LogP) is 2.75. The molecule has 0 saturated carbocycles. The van der Waals surface area contributed by atoms with Crippen LogP contribution in [0, 0.1) is 0 Å². The smallest absolute Gasteiger partial charge is 0.305 e. The molecule has 0 saturated heterocycles. The van der Waals surface area contributed by atoms with Crippen LogP contribution < -0.4 is 0 Å². The highest BCUT2D eigenvalue weighted by atomic mass is 32.1. The molecule has 6 heteroatoms. The standard InChI is InChI=1S/C17H13NO4S/c19-15(20)5-7-18-16(21)13-4-2-1-3-12(13)14(17(18)22)9-11-6-8-23-10-11/h1-4,6,8-10H,5,7H2,(H,19,20). The molecular formula is C17H13NO4S. The highest BCUT2D eigenvalue weighted by Crippen LogP contribution is 2.30. The highest BCUT2D eigenvalue weighted by Gasteiger charge is 2.34. The zero-order valence-corrected chi connectivity index (χ0v) is 12.9. The molecule has 0 radical (unpaired) electrons. The summed E-state index contributed by atoms with van der Waals surface area (Å²) in [6.45, 7) is -0.137. The second-order valence-corrected chi connectivity index (χ2v) is 5.85. The minimum Gasteiger partial charge on any atom is -0.481 e. The first-order valence-electron chi connectivity index (χ1n) is 6.99. The molecule has 1 aromatic carbocycles. The molecule has 0 unspecified atom stereocenters. The van der Waals surface area contributed by atoms with Crippen LogP contribution in [-0.4, -0.2) is 34.3 Å². The summed E-state index contributed by atoms with van der Waals surface area (Å²) in [4.78, 5) is 36.9. The van der Waals surface area contributed by atoms with Crippen LogP contribution in [0.5, 0.6) is 0 Å². The number of carboxylic acid groups (broad SMARTS) is 1. The fourth-order valence-corrected chi connectivity index (χ4v) is 3.09. The van der Waals surface area contributed by atoms with Crippen molar-refractivity contribution in [2.24, 2.45) is 0 Å². The molecule has 0 spiro atoms. The van der Waals surface area contributed by atoms with Crippen LogP contribution in [0.3, 0.4) is 0 Å². The number of carbonyl (C=O) groups is 3. The molecule has 5 nitrogen and oxygen atoms in total. The molecule has 0 bridgehead atoms. The molecule has 2 aromatic rings. The van der Waals surface area contributed by atoms with Gasteiger partial charge in [-0.1, -0.05) is 18.2 Å². The molecule has 0 atom stereocenters. The lowest BCUT2D eigenvalue weighted by atomic mass is 9.92. The Bertz CT molecular complexity index is 808. The summed E-state index contributed by atoms with van der Waals surface area (Å²) < 4.78 is 0. The molecule has 1 N–H and O–H groups in total. The Kier molecular flexibility index (Phi) is 4.08. The zero-order valence-electron chi connectivity index (χ0n) is 12.1. The van der Waals surface area contributed by atoms with Gasteiger partial charge in [-0.3, -0.25) is 19.3 Å². The third-order valence-electron chi connectivity index (χ3n) is 3.57. The molecule has 0 fully saturated rings. The van der Waals surface area contributed by atoms with Crippen molar-refractivity contribution in [3.63, 3.8) is 0 Å². The van der Waals surface area contributed by atoms with Gasteiger partial charge in [0.15, 0.2) is 0 Å². The van der Waals surface area contributed by atoms with Gasteiger partial charge in [0.05, 0.1) is 6.42 Å². The van der Waals surface area contributed by atoms with E-state index in [0.717, 1.165) is 10.5 Å². The zero-order chi connectivity index (χ0) is 16.4. The summed E-state index contributed by atoms with van der Waals surface area (Å²) in [5.74, 6) is -1.96. The second-order valence-electron chi connectivity index (χ2n) is 5.07. The van der Waals surface area contributed by atoms with Crippen molar-refractivity contribution < 1.29 is 19.5 Å². The Morgan fingerprint density at radius 3 is 2.52 bits per heavy atom. The van der Waals surface area contributed by atoms with E-state index in [-0.39, 0.29) is 13.0 Å². The van der Waals surface area contributed by atoms with E-state index in [1.54, 1.807) is 30.3 Å². The first-order valence-corrected chi connectivity index (χ1v) is 7.93. The fraction of sp³-hybridized carbons (Fsp3) is 0.118. The van der Waals surface area contributed by atoms with Crippen LogP contribution >= 0.6 is 11.3 Å². The Morgan fingerprint density at radius 1 is 1.13 bits per heavy atom. The van der Waals surface area contributed by atoms with Crippen molar-refractivity contribution >= 4 is 40.8 Å². The van der Waals surface area contributed by atoms with Gasteiger partial charge in [0, 0.05) is 17.7 Å². The van der Waals surface area contributed by atoms with Crippen molar-refractivity contribution in [2.75, 3.05) is 6.54 Å². The van der Waals surface area contributed by atoms with Crippen molar-refractivity contribution in [3.8, 4) is 0 Å². The molecule has 0 aliphatic carbocycles. The van der Waals surface area contributed by atoms with Crippen molar-refractivity contribution in [2.45, 2.75) is 6.42 Å². The first kappa shape index (κ1) is 15.2. The van der Waals surface area contributed by atoms with Gasteiger partial charge in [0.2, 0.25) is 0 Å². The van der Waals surface area contributed by atoms with Crippen LogP contribution in [0.2, 0.25) is 0 Å². The summed E-state index contributed by atoms with van der Waals surface area (Å²) in [6.07, 6.45) is 1.46. The third-order valence-corrected chi connectivity index (χ3v) is 4.27. The van der Waals surface area contributed by atoms with Gasteiger partial charge in [-0.05, 0) is 40.1 Å². The fourth-order valence-electron chi connectivity index (χ4n) is 2.48. The topological polar surface area (TPSA) is 74.7 Å². The Morgan fingerprint density at radius 2 is 1.87 bits per heavy atom. The summed E-state index contributed by atoms with van der Waals surface area (Å²) in [5, 5.41) is 12.6. The lowest BCUT2D eigenvalue weighted by Gasteiger charge is -2.28. The molecule has 2 amide bonds. The molecule has 1 aliphatic rings. The SMILES string of the molecule is O=C(O)CCN1C(=O)C(=Cc2ccsc2)c2ccccc2C1=O. The van der Waals surface area contributed by atoms with Gasteiger partial charge < -0.3 is 5.11 Å². The number of rotatable bonds is 4. The normalized spacial score (nSPS) is 15.8. The van der Waals surface area contributed by atoms with E-state index in [4.69, 9.17) is 5.11 Å². The molecule has 1 aromatic heterocycles. The number of fused-ring (bicyclic) bond motifs is 1. The van der Waals surface area contributed by atoms with E-state index < -0.39 is 17.8 Å². The number of aliphatic carboxylic acids is 1. The van der Waals surface area contributed by atoms with Crippen molar-refractivity contribution in [3.05, 3.63) is 57.8 Å². The van der Waals surface area contributed by atoms with Crippen LogP contribution in [0.1, 0.15) is 27.9 Å². The number of thiophene rings is 1.